The van der Waals surface area contributed by atoms with E-state index >= 15 is 0 Å². The molecular formula is C22H22N6O2S2. The van der Waals surface area contributed by atoms with Gasteiger partial charge in [0, 0.05) is 12.2 Å². The number of carbonyl (C=O) groups is 1. The first kappa shape index (κ1) is 23.3. The number of thiazole rings is 1. The lowest BCUT2D eigenvalue weighted by molar-refractivity contribution is -0.115. The molecule has 2 aromatic heterocycles. The average molecular weight is 467 g/mol. The number of ether oxygens (including phenoxy) is 1. The van der Waals surface area contributed by atoms with Crippen LogP contribution in [0.4, 0.5) is 10.9 Å². The number of hydrogen-bond donors (Lipinski definition) is 2. The molecule has 0 radical (unpaired) electrons. The van der Waals surface area contributed by atoms with Gasteiger partial charge in [0.1, 0.15) is 28.7 Å². The van der Waals surface area contributed by atoms with Crippen LogP contribution in [0.15, 0.2) is 23.2 Å². The van der Waals surface area contributed by atoms with Gasteiger partial charge in [-0.05, 0) is 36.6 Å². The van der Waals surface area contributed by atoms with Crippen LogP contribution in [-0.2, 0) is 4.79 Å². The smallest absolute Gasteiger partial charge is 0.226 e. The number of amides is 1. The molecule has 0 unspecified atom stereocenters. The summed E-state index contributed by atoms with van der Waals surface area (Å²) in [7, 11) is 0. The molecule has 0 atom stereocenters. The Morgan fingerprint density at radius 2 is 2.03 bits per heavy atom. The molecule has 0 aliphatic rings. The Morgan fingerprint density at radius 1 is 1.28 bits per heavy atom. The molecule has 3 N–H and O–H groups in total. The molecule has 164 valence electrons. The highest BCUT2D eigenvalue weighted by atomic mass is 32.2. The van der Waals surface area contributed by atoms with E-state index in [-0.39, 0.29) is 29.6 Å². The zero-order valence-electron chi connectivity index (χ0n) is 17.9. The maximum Gasteiger partial charge on any atom is 0.226 e. The molecule has 0 bridgehead atoms. The minimum Gasteiger partial charge on any atom is -0.494 e. The van der Waals surface area contributed by atoms with Crippen molar-refractivity contribution in [3.8, 4) is 17.9 Å². The van der Waals surface area contributed by atoms with Gasteiger partial charge in [-0.25, -0.2) is 9.97 Å². The number of fused-ring (bicyclic) bond motifs is 1. The Hall–Kier alpha value is -3.34. The topological polar surface area (TPSA) is 138 Å². The molecule has 8 nitrogen and oxygen atoms in total. The number of aromatic nitrogens is 2. The normalized spacial score (nSPS) is 10.7. The first-order valence-corrected chi connectivity index (χ1v) is 11.8. The number of nitrogens with two attached hydrogens (primary N) is 1. The molecule has 2 heterocycles. The van der Waals surface area contributed by atoms with Gasteiger partial charge >= 0.3 is 0 Å². The van der Waals surface area contributed by atoms with E-state index in [4.69, 9.17) is 10.5 Å². The van der Waals surface area contributed by atoms with Crippen molar-refractivity contribution < 1.29 is 9.53 Å². The van der Waals surface area contributed by atoms with E-state index in [9.17, 15) is 15.3 Å². The molecule has 3 rings (SSSR count). The summed E-state index contributed by atoms with van der Waals surface area (Å²) in [5.74, 6) is 1.01. The molecule has 3 aromatic rings. The van der Waals surface area contributed by atoms with Gasteiger partial charge in [0.15, 0.2) is 5.13 Å². The van der Waals surface area contributed by atoms with E-state index < -0.39 is 0 Å². The van der Waals surface area contributed by atoms with Crippen molar-refractivity contribution in [3.05, 3.63) is 34.9 Å². The van der Waals surface area contributed by atoms with Crippen molar-refractivity contribution in [2.75, 3.05) is 23.4 Å². The van der Waals surface area contributed by atoms with Crippen molar-refractivity contribution in [1.82, 2.24) is 9.97 Å². The van der Waals surface area contributed by atoms with Crippen LogP contribution in [0.25, 0.3) is 10.2 Å². The van der Waals surface area contributed by atoms with Crippen molar-refractivity contribution in [2.45, 2.75) is 38.1 Å². The summed E-state index contributed by atoms with van der Waals surface area (Å²) in [5.41, 5.74) is 7.91. The van der Waals surface area contributed by atoms with Gasteiger partial charge in [0.25, 0.3) is 0 Å². The SMILES string of the molecule is CCOc1ccc2nc(NC(=O)CCSc3nc(N)c(C#N)c(C(C)C)c3C#N)sc2c1. The number of nitriles is 2. The van der Waals surface area contributed by atoms with Crippen LogP contribution in [0.1, 0.15) is 49.8 Å². The van der Waals surface area contributed by atoms with Crippen LogP contribution in [-0.4, -0.2) is 28.2 Å². The molecule has 1 aromatic carbocycles. The van der Waals surface area contributed by atoms with Gasteiger partial charge in [0.05, 0.1) is 28.0 Å². The monoisotopic (exact) mass is 466 g/mol. The van der Waals surface area contributed by atoms with E-state index in [0.717, 1.165) is 16.0 Å². The lowest BCUT2D eigenvalue weighted by Crippen LogP contribution is -2.12. The third-order valence-electron chi connectivity index (χ3n) is 4.52. The van der Waals surface area contributed by atoms with E-state index in [1.54, 1.807) is 0 Å². The van der Waals surface area contributed by atoms with Gasteiger partial charge in [-0.1, -0.05) is 25.2 Å². The fraction of sp³-hybridized carbons (Fsp3) is 0.318. The Morgan fingerprint density at radius 3 is 2.69 bits per heavy atom. The second-order valence-electron chi connectivity index (χ2n) is 7.07. The van der Waals surface area contributed by atoms with Crippen molar-refractivity contribution in [3.63, 3.8) is 0 Å². The Balaban J connectivity index is 1.67. The van der Waals surface area contributed by atoms with Crippen LogP contribution in [0.3, 0.4) is 0 Å². The van der Waals surface area contributed by atoms with E-state index in [2.05, 4.69) is 21.4 Å². The van der Waals surface area contributed by atoms with Crippen LogP contribution in [0.2, 0.25) is 0 Å². The minimum atomic E-state index is -0.189. The number of carbonyl (C=O) groups excluding carboxylic acids is 1. The zero-order chi connectivity index (χ0) is 23.3. The largest absolute Gasteiger partial charge is 0.494 e. The Labute approximate surface area is 194 Å². The Bertz CT molecular complexity index is 1240. The second-order valence-corrected chi connectivity index (χ2v) is 9.19. The number of benzene rings is 1. The third-order valence-corrected chi connectivity index (χ3v) is 6.43. The highest BCUT2D eigenvalue weighted by Crippen LogP contribution is 2.33. The van der Waals surface area contributed by atoms with Gasteiger partial charge in [0.2, 0.25) is 5.91 Å². The maximum absolute atomic E-state index is 12.4. The molecule has 10 heteroatoms. The van der Waals surface area contributed by atoms with Crippen molar-refractivity contribution >= 4 is 50.2 Å². The van der Waals surface area contributed by atoms with E-state index in [0.29, 0.717) is 33.6 Å². The number of hydrogen-bond acceptors (Lipinski definition) is 9. The molecule has 0 saturated carbocycles. The lowest BCUT2D eigenvalue weighted by atomic mass is 9.94. The number of rotatable bonds is 8. The molecular weight excluding hydrogens is 444 g/mol. The highest BCUT2D eigenvalue weighted by molar-refractivity contribution is 7.99. The predicted molar refractivity (Wildman–Crippen MR) is 127 cm³/mol. The summed E-state index contributed by atoms with van der Waals surface area (Å²) < 4.78 is 6.43. The van der Waals surface area contributed by atoms with Crippen molar-refractivity contribution in [2.24, 2.45) is 0 Å². The number of nitrogens with zero attached hydrogens (tertiary/aromatic N) is 4. The highest BCUT2D eigenvalue weighted by Gasteiger charge is 2.21. The fourth-order valence-corrected chi connectivity index (χ4v) is 5.00. The van der Waals surface area contributed by atoms with Crippen LogP contribution in [0.5, 0.6) is 5.75 Å². The standard InChI is InChI=1S/C22H22N6O2S2/c1-4-30-13-5-6-16-17(9-13)32-22(26-16)27-18(29)7-8-31-21-15(11-24)19(12(2)3)14(10-23)20(25)28-21/h5-6,9,12H,4,7-8H2,1-3H3,(H2,25,28)(H,26,27,29). The molecule has 0 fully saturated rings. The molecule has 0 aliphatic heterocycles. The predicted octanol–water partition coefficient (Wildman–Crippen LogP) is 4.66. The number of anilines is 2. The Kier molecular flexibility index (Phi) is 7.52. The van der Waals surface area contributed by atoms with E-state index in [1.165, 1.54) is 23.1 Å². The third kappa shape index (κ3) is 5.10. The summed E-state index contributed by atoms with van der Waals surface area (Å²) in [5, 5.41) is 22.8. The van der Waals surface area contributed by atoms with Crippen molar-refractivity contribution in [1.29, 1.82) is 10.5 Å². The van der Waals surface area contributed by atoms with Crippen LogP contribution < -0.4 is 15.8 Å². The number of pyridine rings is 1. The average Bonchev–Trinajstić information content (AvgIpc) is 3.14. The van der Waals surface area contributed by atoms with Gasteiger partial charge in [-0.3, -0.25) is 4.79 Å². The van der Waals surface area contributed by atoms with Gasteiger partial charge < -0.3 is 15.8 Å². The zero-order valence-corrected chi connectivity index (χ0v) is 19.6. The summed E-state index contributed by atoms with van der Waals surface area (Å²) in [6.07, 6.45) is 0.203. The van der Waals surface area contributed by atoms with E-state index in [1.807, 2.05) is 45.0 Å². The number of nitrogen functional groups attached to an aromatic ring is 1. The number of thioether (sulfide) groups is 1. The number of nitrogens with one attached hydrogen (secondary N) is 1. The summed E-state index contributed by atoms with van der Waals surface area (Å²) in [6.45, 7) is 6.30. The molecule has 0 saturated heterocycles. The molecule has 32 heavy (non-hydrogen) atoms. The van der Waals surface area contributed by atoms with Gasteiger partial charge in [-0.2, -0.15) is 10.5 Å². The lowest BCUT2D eigenvalue weighted by Gasteiger charge is -2.15. The molecule has 0 spiro atoms. The summed E-state index contributed by atoms with van der Waals surface area (Å²) in [4.78, 5) is 21.1. The molecule has 0 aliphatic carbocycles. The summed E-state index contributed by atoms with van der Waals surface area (Å²) in [6, 6.07) is 9.80. The van der Waals surface area contributed by atoms with Gasteiger partial charge in [-0.15, -0.1) is 11.8 Å². The quantitative estimate of drug-likeness (QED) is 0.457. The molecule has 1 amide bonds. The summed E-state index contributed by atoms with van der Waals surface area (Å²) >= 11 is 2.65. The van der Waals surface area contributed by atoms with Crippen LogP contribution in [0, 0.1) is 22.7 Å². The second kappa shape index (κ2) is 10.3. The first-order valence-electron chi connectivity index (χ1n) is 9.97. The van der Waals surface area contributed by atoms with Crippen LogP contribution >= 0.6 is 23.1 Å². The fourth-order valence-electron chi connectivity index (χ4n) is 3.14. The first-order chi connectivity index (χ1) is 15.4. The minimum absolute atomic E-state index is 0.0606. The maximum atomic E-state index is 12.4.